The molecule has 1 amide bonds. The van der Waals surface area contributed by atoms with E-state index in [4.69, 9.17) is 28.9 Å². The van der Waals surface area contributed by atoms with Gasteiger partial charge in [-0.3, -0.25) is 4.79 Å². The number of rotatable bonds is 4. The van der Waals surface area contributed by atoms with E-state index < -0.39 is 0 Å². The van der Waals surface area contributed by atoms with Crippen molar-refractivity contribution in [3.8, 4) is 0 Å². The smallest absolute Gasteiger partial charge is 0.237 e. The Morgan fingerprint density at radius 3 is 2.52 bits per heavy atom. The molecule has 6 heteroatoms. The van der Waals surface area contributed by atoms with Crippen molar-refractivity contribution in [1.29, 1.82) is 0 Å². The third-order valence-corrected chi connectivity index (χ3v) is 4.39. The van der Waals surface area contributed by atoms with Crippen molar-refractivity contribution in [3.63, 3.8) is 0 Å². The predicted octanol–water partition coefficient (Wildman–Crippen LogP) is 4.69. The highest BCUT2D eigenvalue weighted by molar-refractivity contribution is 8.00. The molecule has 0 aliphatic carbocycles. The molecule has 1 atom stereocenters. The molecule has 1 unspecified atom stereocenters. The van der Waals surface area contributed by atoms with Crippen LogP contribution in [0.5, 0.6) is 0 Å². The molecular formula is C15H14Cl2N2OS. The number of hydrogen-bond acceptors (Lipinski definition) is 3. The van der Waals surface area contributed by atoms with Crippen LogP contribution in [0.2, 0.25) is 10.0 Å². The van der Waals surface area contributed by atoms with Gasteiger partial charge in [-0.15, -0.1) is 11.8 Å². The second kappa shape index (κ2) is 7.07. The van der Waals surface area contributed by atoms with E-state index in [1.165, 1.54) is 11.8 Å². The number of anilines is 2. The van der Waals surface area contributed by atoms with Crippen molar-refractivity contribution >= 4 is 52.2 Å². The van der Waals surface area contributed by atoms with Crippen LogP contribution >= 0.6 is 35.0 Å². The molecule has 0 aliphatic rings. The summed E-state index contributed by atoms with van der Waals surface area (Å²) in [5, 5.41) is 3.23. The molecule has 0 aromatic heterocycles. The number of thioether (sulfide) groups is 1. The Hall–Kier alpha value is -1.36. The van der Waals surface area contributed by atoms with Gasteiger partial charge in [-0.25, -0.2) is 0 Å². The normalized spacial score (nSPS) is 12.0. The second-order valence-corrected chi connectivity index (χ2v) is 6.67. The van der Waals surface area contributed by atoms with Gasteiger partial charge in [0.1, 0.15) is 0 Å². The first-order valence-electron chi connectivity index (χ1n) is 6.24. The zero-order valence-electron chi connectivity index (χ0n) is 11.3. The van der Waals surface area contributed by atoms with Crippen molar-refractivity contribution in [1.82, 2.24) is 0 Å². The molecule has 0 heterocycles. The molecule has 0 saturated heterocycles. The first kappa shape index (κ1) is 16.0. The van der Waals surface area contributed by atoms with E-state index in [1.807, 2.05) is 37.3 Å². The van der Waals surface area contributed by atoms with Gasteiger partial charge in [0.25, 0.3) is 0 Å². The maximum Gasteiger partial charge on any atom is 0.237 e. The van der Waals surface area contributed by atoms with Gasteiger partial charge >= 0.3 is 0 Å². The molecule has 2 rings (SSSR count). The van der Waals surface area contributed by atoms with Crippen LogP contribution in [0.15, 0.2) is 47.4 Å². The molecule has 110 valence electrons. The molecule has 0 bridgehead atoms. The largest absolute Gasteiger partial charge is 0.397 e. The highest BCUT2D eigenvalue weighted by Gasteiger charge is 2.17. The monoisotopic (exact) mass is 340 g/mol. The van der Waals surface area contributed by atoms with Crippen molar-refractivity contribution in [2.75, 3.05) is 11.1 Å². The Kier molecular flexibility index (Phi) is 5.39. The highest BCUT2D eigenvalue weighted by atomic mass is 35.5. The molecular weight excluding hydrogens is 327 g/mol. The Balaban J connectivity index is 2.08. The molecule has 2 aromatic rings. The molecule has 0 radical (unpaired) electrons. The average Bonchev–Trinajstić information content (AvgIpc) is 2.43. The summed E-state index contributed by atoms with van der Waals surface area (Å²) in [4.78, 5) is 13.3. The molecule has 0 aliphatic heterocycles. The van der Waals surface area contributed by atoms with Gasteiger partial charge in [0.05, 0.1) is 21.6 Å². The average molecular weight is 341 g/mol. The lowest BCUT2D eigenvalue weighted by atomic mass is 10.2. The molecule has 2 aromatic carbocycles. The Morgan fingerprint density at radius 2 is 1.90 bits per heavy atom. The number of amides is 1. The Labute approximate surface area is 137 Å². The highest BCUT2D eigenvalue weighted by Crippen LogP contribution is 2.33. The van der Waals surface area contributed by atoms with Crippen LogP contribution in [-0.2, 0) is 4.79 Å². The van der Waals surface area contributed by atoms with Gasteiger partial charge in [0.15, 0.2) is 0 Å². The molecule has 0 saturated carbocycles. The molecule has 0 fully saturated rings. The number of nitrogens with two attached hydrogens (primary N) is 1. The lowest BCUT2D eigenvalue weighted by molar-refractivity contribution is -0.115. The number of carbonyl (C=O) groups is 1. The molecule has 0 spiro atoms. The van der Waals surface area contributed by atoms with Gasteiger partial charge in [0, 0.05) is 9.92 Å². The summed E-state index contributed by atoms with van der Waals surface area (Å²) < 4.78 is 0. The van der Waals surface area contributed by atoms with Crippen LogP contribution in [0, 0.1) is 0 Å². The van der Waals surface area contributed by atoms with Gasteiger partial charge in [-0.1, -0.05) is 41.4 Å². The minimum atomic E-state index is -0.279. The minimum Gasteiger partial charge on any atom is -0.397 e. The van der Waals surface area contributed by atoms with E-state index in [-0.39, 0.29) is 11.2 Å². The third-order valence-electron chi connectivity index (χ3n) is 2.76. The van der Waals surface area contributed by atoms with Crippen molar-refractivity contribution < 1.29 is 4.79 Å². The zero-order valence-corrected chi connectivity index (χ0v) is 13.6. The third kappa shape index (κ3) is 4.30. The molecule has 3 nitrogen and oxygen atoms in total. The number of halogens is 2. The summed E-state index contributed by atoms with van der Waals surface area (Å²) in [6, 6.07) is 12.8. The summed E-state index contributed by atoms with van der Waals surface area (Å²) in [7, 11) is 0. The fourth-order valence-electron chi connectivity index (χ4n) is 1.71. The topological polar surface area (TPSA) is 55.1 Å². The number of carbonyl (C=O) groups excluding carboxylic acids is 1. The van der Waals surface area contributed by atoms with Gasteiger partial charge in [0.2, 0.25) is 5.91 Å². The SMILES string of the molecule is CC(Sc1ccccc1)C(=O)Nc1c(N)cc(Cl)cc1Cl. The van der Waals surface area contributed by atoms with Crippen LogP contribution in [0.3, 0.4) is 0 Å². The summed E-state index contributed by atoms with van der Waals surface area (Å²) in [6.07, 6.45) is 0. The Bertz CT molecular complexity index is 626. The zero-order chi connectivity index (χ0) is 15.4. The second-order valence-electron chi connectivity index (χ2n) is 4.41. The molecule has 3 N–H and O–H groups in total. The fourth-order valence-corrected chi connectivity index (χ4v) is 3.15. The van der Waals surface area contributed by atoms with E-state index in [9.17, 15) is 4.79 Å². The molecule has 21 heavy (non-hydrogen) atoms. The van der Waals surface area contributed by atoms with Gasteiger partial charge < -0.3 is 11.1 Å². The van der Waals surface area contributed by atoms with Crippen molar-refractivity contribution in [2.24, 2.45) is 0 Å². The van der Waals surface area contributed by atoms with Crippen LogP contribution in [0.4, 0.5) is 11.4 Å². The first-order chi connectivity index (χ1) is 9.97. The van der Waals surface area contributed by atoms with Crippen molar-refractivity contribution in [2.45, 2.75) is 17.1 Å². The van der Waals surface area contributed by atoms with Crippen LogP contribution in [0.1, 0.15) is 6.92 Å². The quantitative estimate of drug-likeness (QED) is 0.626. The van der Waals surface area contributed by atoms with E-state index in [0.29, 0.717) is 21.4 Å². The summed E-state index contributed by atoms with van der Waals surface area (Å²) in [6.45, 7) is 1.83. The summed E-state index contributed by atoms with van der Waals surface area (Å²) in [5.41, 5.74) is 6.57. The lowest BCUT2D eigenvalue weighted by Gasteiger charge is -2.14. The van der Waals surface area contributed by atoms with Crippen LogP contribution in [-0.4, -0.2) is 11.2 Å². The van der Waals surface area contributed by atoms with E-state index in [1.54, 1.807) is 12.1 Å². The summed E-state index contributed by atoms with van der Waals surface area (Å²) in [5.74, 6) is -0.167. The maximum absolute atomic E-state index is 12.2. The van der Waals surface area contributed by atoms with Gasteiger partial charge in [-0.05, 0) is 31.2 Å². The van der Waals surface area contributed by atoms with E-state index in [2.05, 4.69) is 5.32 Å². The van der Waals surface area contributed by atoms with Crippen LogP contribution < -0.4 is 11.1 Å². The first-order valence-corrected chi connectivity index (χ1v) is 7.88. The standard InChI is InChI=1S/C15H14Cl2N2OS/c1-9(21-11-5-3-2-4-6-11)15(20)19-14-12(17)7-10(16)8-13(14)18/h2-9H,18H2,1H3,(H,19,20). The van der Waals surface area contributed by atoms with Crippen molar-refractivity contribution in [3.05, 3.63) is 52.5 Å². The number of hydrogen-bond donors (Lipinski definition) is 2. The lowest BCUT2D eigenvalue weighted by Crippen LogP contribution is -2.23. The number of benzene rings is 2. The maximum atomic E-state index is 12.2. The summed E-state index contributed by atoms with van der Waals surface area (Å²) >= 11 is 13.4. The Morgan fingerprint density at radius 1 is 1.24 bits per heavy atom. The van der Waals surface area contributed by atoms with Crippen LogP contribution in [0.25, 0.3) is 0 Å². The predicted molar refractivity (Wildman–Crippen MR) is 91.3 cm³/mol. The van der Waals surface area contributed by atoms with E-state index in [0.717, 1.165) is 4.90 Å². The van der Waals surface area contributed by atoms with E-state index >= 15 is 0 Å². The number of nitrogen functional groups attached to an aromatic ring is 1. The minimum absolute atomic E-state index is 0.167. The van der Waals surface area contributed by atoms with Gasteiger partial charge in [-0.2, -0.15) is 0 Å². The number of nitrogens with one attached hydrogen (secondary N) is 1. The fraction of sp³-hybridized carbons (Fsp3) is 0.133.